The predicted molar refractivity (Wildman–Crippen MR) is 95.7 cm³/mol. The van der Waals surface area contributed by atoms with Crippen LogP contribution in [0.15, 0.2) is 24.3 Å². The van der Waals surface area contributed by atoms with Crippen LogP contribution >= 0.6 is 0 Å². The molecule has 6 heteroatoms. The molecule has 2 aliphatic rings. The Labute approximate surface area is 153 Å². The van der Waals surface area contributed by atoms with E-state index < -0.39 is 6.10 Å². The second kappa shape index (κ2) is 7.89. The third-order valence-electron chi connectivity index (χ3n) is 5.40. The normalized spacial score (nSPS) is 25.9. The van der Waals surface area contributed by atoms with Crippen molar-refractivity contribution in [1.82, 2.24) is 0 Å². The van der Waals surface area contributed by atoms with Crippen LogP contribution in [-0.4, -0.2) is 30.9 Å². The molecule has 140 valence electrons. The summed E-state index contributed by atoms with van der Waals surface area (Å²) in [4.78, 5) is 36.8. The molecule has 4 atom stereocenters. The van der Waals surface area contributed by atoms with Gasteiger partial charge in [-0.15, -0.1) is 0 Å². The van der Waals surface area contributed by atoms with E-state index in [1.54, 1.807) is 38.3 Å². The molecule has 0 aromatic heterocycles. The number of fused-ring (bicyclic) bond motifs is 2. The highest BCUT2D eigenvalue weighted by Gasteiger charge is 2.42. The summed E-state index contributed by atoms with van der Waals surface area (Å²) in [7, 11) is 1.57. The minimum absolute atomic E-state index is 0.0107. The molecule has 1 aromatic rings. The number of carbonyl (C=O) groups excluding carboxylic acids is 3. The van der Waals surface area contributed by atoms with E-state index in [1.807, 2.05) is 0 Å². The third-order valence-corrected chi connectivity index (χ3v) is 5.40. The van der Waals surface area contributed by atoms with Gasteiger partial charge in [-0.25, -0.2) is 0 Å². The maximum atomic E-state index is 12.5. The van der Waals surface area contributed by atoms with Crippen LogP contribution in [0.1, 0.15) is 39.0 Å². The van der Waals surface area contributed by atoms with Crippen LogP contribution in [0.3, 0.4) is 0 Å². The van der Waals surface area contributed by atoms with E-state index in [-0.39, 0.29) is 29.6 Å². The smallest absolute Gasteiger partial charge is 0.309 e. The first kappa shape index (κ1) is 18.4. The number of hydrogen-bond donors (Lipinski definition) is 1. The molecule has 3 rings (SSSR count). The zero-order valence-corrected chi connectivity index (χ0v) is 15.2. The highest BCUT2D eigenvalue weighted by Crippen LogP contribution is 2.40. The van der Waals surface area contributed by atoms with Gasteiger partial charge < -0.3 is 14.8 Å². The Kier molecular flexibility index (Phi) is 5.59. The van der Waals surface area contributed by atoms with Crippen molar-refractivity contribution >= 4 is 23.3 Å². The largest absolute Gasteiger partial charge is 0.497 e. The summed E-state index contributed by atoms with van der Waals surface area (Å²) >= 11 is 0. The summed E-state index contributed by atoms with van der Waals surface area (Å²) in [6, 6.07) is 6.92. The number of methoxy groups -OCH3 is 1. The molecule has 0 radical (unpaired) electrons. The van der Waals surface area contributed by atoms with Gasteiger partial charge in [0.25, 0.3) is 5.91 Å². The summed E-state index contributed by atoms with van der Waals surface area (Å²) < 4.78 is 10.5. The minimum atomic E-state index is -0.887. The maximum absolute atomic E-state index is 12.5. The van der Waals surface area contributed by atoms with Crippen LogP contribution in [0.25, 0.3) is 0 Å². The molecule has 0 heterocycles. The zero-order valence-electron chi connectivity index (χ0n) is 15.2. The van der Waals surface area contributed by atoms with Gasteiger partial charge in [-0.05, 0) is 56.9 Å². The number of ether oxygens (including phenoxy) is 2. The lowest BCUT2D eigenvalue weighted by atomic mass is 9.67. The molecule has 2 aliphatic carbocycles. The molecular formula is C20H25NO5. The first-order chi connectivity index (χ1) is 12.5. The molecule has 0 spiro atoms. The fraction of sp³-hybridized carbons (Fsp3) is 0.550. The molecule has 2 fully saturated rings. The molecule has 6 nitrogen and oxygen atoms in total. The van der Waals surface area contributed by atoms with Gasteiger partial charge >= 0.3 is 5.97 Å². The van der Waals surface area contributed by atoms with Crippen molar-refractivity contribution in [2.45, 2.75) is 45.1 Å². The van der Waals surface area contributed by atoms with Crippen molar-refractivity contribution in [2.75, 3.05) is 12.4 Å². The Morgan fingerprint density at radius 1 is 1.12 bits per heavy atom. The van der Waals surface area contributed by atoms with Gasteiger partial charge in [0, 0.05) is 17.5 Å². The van der Waals surface area contributed by atoms with Gasteiger partial charge in [0.15, 0.2) is 6.10 Å². The molecule has 1 aromatic carbocycles. The first-order valence-electron chi connectivity index (χ1n) is 9.17. The highest BCUT2D eigenvalue weighted by atomic mass is 16.5. The van der Waals surface area contributed by atoms with Crippen LogP contribution < -0.4 is 10.1 Å². The molecule has 1 amide bonds. The van der Waals surface area contributed by atoms with Gasteiger partial charge in [0.2, 0.25) is 0 Å². The summed E-state index contributed by atoms with van der Waals surface area (Å²) in [5, 5.41) is 2.72. The zero-order chi connectivity index (χ0) is 18.7. The fourth-order valence-corrected chi connectivity index (χ4v) is 3.91. The van der Waals surface area contributed by atoms with E-state index in [9.17, 15) is 14.4 Å². The van der Waals surface area contributed by atoms with Gasteiger partial charge in [0.1, 0.15) is 11.5 Å². The lowest BCUT2D eigenvalue weighted by Crippen LogP contribution is -2.41. The fourth-order valence-electron chi connectivity index (χ4n) is 3.91. The lowest BCUT2D eigenvalue weighted by Gasteiger charge is -2.36. The number of hydrogen-bond acceptors (Lipinski definition) is 5. The Bertz CT molecular complexity index is 668. The summed E-state index contributed by atoms with van der Waals surface area (Å²) in [6.45, 7) is 1.56. The van der Waals surface area contributed by atoms with Gasteiger partial charge in [-0.3, -0.25) is 14.4 Å². The molecule has 1 unspecified atom stereocenters. The molecule has 1 N–H and O–H groups in total. The number of ketones is 1. The Morgan fingerprint density at radius 3 is 2.31 bits per heavy atom. The standard InChI is InChI=1S/C20H25NO5/c1-12(19(23)21-16-6-8-17(25-2)9-7-16)26-20(24)15-10-13-4-3-5-14(11-15)18(13)22/h6-9,12-15H,3-5,10-11H2,1-2H3,(H,21,23)/t12-,13-,14+,15?/m0/s1. The van der Waals surface area contributed by atoms with E-state index >= 15 is 0 Å². The third kappa shape index (κ3) is 4.06. The number of rotatable bonds is 5. The summed E-state index contributed by atoms with van der Waals surface area (Å²) in [6.07, 6.45) is 3.02. The molecule has 0 aliphatic heterocycles. The topological polar surface area (TPSA) is 81.7 Å². The SMILES string of the molecule is COc1ccc(NC(=O)[C@H](C)OC(=O)C2C[C@H]3CCC[C@@H](C2)C3=O)cc1. The number of anilines is 1. The maximum Gasteiger partial charge on any atom is 0.309 e. The molecule has 2 bridgehead atoms. The van der Waals surface area contributed by atoms with Crippen LogP contribution in [0.2, 0.25) is 0 Å². The van der Waals surface area contributed by atoms with E-state index in [0.717, 1.165) is 19.3 Å². The Balaban J connectivity index is 1.53. The average Bonchev–Trinajstić information content (AvgIpc) is 2.62. The Morgan fingerprint density at radius 2 is 1.73 bits per heavy atom. The second-order valence-corrected chi connectivity index (χ2v) is 7.19. The molecule has 2 saturated carbocycles. The van der Waals surface area contributed by atoms with Gasteiger partial charge in [-0.2, -0.15) is 0 Å². The quantitative estimate of drug-likeness (QED) is 0.818. The first-order valence-corrected chi connectivity index (χ1v) is 9.17. The average molecular weight is 359 g/mol. The lowest BCUT2D eigenvalue weighted by molar-refractivity contribution is -0.161. The number of nitrogens with one attached hydrogen (secondary N) is 1. The van der Waals surface area contributed by atoms with Crippen molar-refractivity contribution < 1.29 is 23.9 Å². The Hall–Kier alpha value is -2.37. The second-order valence-electron chi connectivity index (χ2n) is 7.19. The summed E-state index contributed by atoms with van der Waals surface area (Å²) in [5.41, 5.74) is 0.608. The van der Waals surface area contributed by atoms with E-state index in [1.165, 1.54) is 0 Å². The van der Waals surface area contributed by atoms with E-state index in [0.29, 0.717) is 30.1 Å². The molecular weight excluding hydrogens is 334 g/mol. The van der Waals surface area contributed by atoms with Gasteiger partial charge in [0.05, 0.1) is 13.0 Å². The van der Waals surface area contributed by atoms with Crippen LogP contribution in [0.5, 0.6) is 5.75 Å². The van der Waals surface area contributed by atoms with Crippen LogP contribution in [-0.2, 0) is 19.1 Å². The van der Waals surface area contributed by atoms with Crippen molar-refractivity contribution in [1.29, 1.82) is 0 Å². The number of esters is 1. The van der Waals surface area contributed by atoms with E-state index in [2.05, 4.69) is 5.32 Å². The molecule has 26 heavy (non-hydrogen) atoms. The number of carbonyl (C=O) groups is 3. The van der Waals surface area contributed by atoms with Gasteiger partial charge in [-0.1, -0.05) is 6.42 Å². The van der Waals surface area contributed by atoms with Crippen molar-refractivity contribution in [3.8, 4) is 5.75 Å². The molecule has 0 saturated heterocycles. The minimum Gasteiger partial charge on any atom is -0.497 e. The van der Waals surface area contributed by atoms with Crippen LogP contribution in [0, 0.1) is 17.8 Å². The number of amides is 1. The van der Waals surface area contributed by atoms with Crippen molar-refractivity contribution in [3.05, 3.63) is 24.3 Å². The van der Waals surface area contributed by atoms with E-state index in [4.69, 9.17) is 9.47 Å². The number of Topliss-reactive ketones (excluding diaryl/α,β-unsaturated/α-hetero) is 1. The number of benzene rings is 1. The summed E-state index contributed by atoms with van der Waals surface area (Å²) in [5.74, 6) is -0.0426. The van der Waals surface area contributed by atoms with Crippen molar-refractivity contribution in [2.24, 2.45) is 17.8 Å². The van der Waals surface area contributed by atoms with Crippen LogP contribution in [0.4, 0.5) is 5.69 Å². The highest BCUT2D eigenvalue weighted by molar-refractivity contribution is 5.95. The predicted octanol–water partition coefficient (Wildman–Crippen LogP) is 2.96. The van der Waals surface area contributed by atoms with Crippen molar-refractivity contribution in [3.63, 3.8) is 0 Å². The monoisotopic (exact) mass is 359 g/mol.